The zero-order chi connectivity index (χ0) is 19.6. The molecule has 27 heavy (non-hydrogen) atoms. The van der Waals surface area contributed by atoms with Gasteiger partial charge in [-0.1, -0.05) is 23.8 Å². The molecule has 0 radical (unpaired) electrons. The third kappa shape index (κ3) is 6.74. The number of carbonyl (C=O) groups is 2. The van der Waals surface area contributed by atoms with Crippen molar-refractivity contribution >= 4 is 11.9 Å². The molecule has 0 heterocycles. The Hall–Kier alpha value is -2.30. The third-order valence-corrected chi connectivity index (χ3v) is 5.16. The lowest BCUT2D eigenvalue weighted by molar-refractivity contribution is -0.142. The summed E-state index contributed by atoms with van der Waals surface area (Å²) >= 11 is 0. The van der Waals surface area contributed by atoms with Crippen LogP contribution in [0.15, 0.2) is 29.8 Å². The summed E-state index contributed by atoms with van der Waals surface area (Å²) in [6.07, 6.45) is 8.05. The molecule has 0 saturated carbocycles. The molecule has 2 rings (SSSR count). The molecule has 148 valence electrons. The number of amides is 1. The van der Waals surface area contributed by atoms with Gasteiger partial charge in [0.15, 0.2) is 6.61 Å². The molecule has 1 aromatic carbocycles. The molecule has 5 nitrogen and oxygen atoms in total. The standard InChI is InChI=1S/C22H31NO4/c1-17-8-7-11-20(18(17)2)27-16-21(24)23(15-13-22(25)26-3)14-12-19-9-5-4-6-10-19/h7-9,11H,4-6,10,12-16H2,1-3H3. The number of allylic oxidation sites excluding steroid dienone is 1. The molecule has 0 spiro atoms. The fourth-order valence-electron chi connectivity index (χ4n) is 3.21. The van der Waals surface area contributed by atoms with Crippen molar-refractivity contribution < 1.29 is 19.1 Å². The van der Waals surface area contributed by atoms with Gasteiger partial charge in [-0.25, -0.2) is 0 Å². The van der Waals surface area contributed by atoms with E-state index in [0.717, 1.165) is 36.1 Å². The van der Waals surface area contributed by atoms with Gasteiger partial charge in [-0.05, 0) is 63.1 Å². The van der Waals surface area contributed by atoms with Crippen LogP contribution in [0, 0.1) is 13.8 Å². The molecule has 0 N–H and O–H groups in total. The summed E-state index contributed by atoms with van der Waals surface area (Å²) < 4.78 is 10.5. The fraction of sp³-hybridized carbons (Fsp3) is 0.545. The average molecular weight is 373 g/mol. The Bertz CT molecular complexity index is 681. The number of esters is 1. The fourth-order valence-corrected chi connectivity index (χ4v) is 3.21. The zero-order valence-electron chi connectivity index (χ0n) is 16.8. The van der Waals surface area contributed by atoms with E-state index in [1.54, 1.807) is 4.90 Å². The van der Waals surface area contributed by atoms with Crippen LogP contribution in [0.3, 0.4) is 0 Å². The van der Waals surface area contributed by atoms with Gasteiger partial charge in [-0.15, -0.1) is 0 Å². The summed E-state index contributed by atoms with van der Waals surface area (Å²) in [7, 11) is 1.37. The van der Waals surface area contributed by atoms with E-state index in [2.05, 4.69) is 6.08 Å². The summed E-state index contributed by atoms with van der Waals surface area (Å²) in [6, 6.07) is 5.82. The minimum atomic E-state index is -0.305. The molecule has 1 amide bonds. The highest BCUT2D eigenvalue weighted by atomic mass is 16.5. The Balaban J connectivity index is 1.94. The second kappa shape index (κ2) is 10.8. The lowest BCUT2D eigenvalue weighted by Crippen LogP contribution is -2.37. The second-order valence-corrected chi connectivity index (χ2v) is 7.05. The van der Waals surface area contributed by atoms with Gasteiger partial charge in [-0.2, -0.15) is 0 Å². The summed E-state index contributed by atoms with van der Waals surface area (Å²) in [5.74, 6) is 0.322. The van der Waals surface area contributed by atoms with E-state index in [-0.39, 0.29) is 24.9 Å². The highest BCUT2D eigenvalue weighted by Crippen LogP contribution is 2.22. The topological polar surface area (TPSA) is 55.8 Å². The van der Waals surface area contributed by atoms with Crippen LogP contribution in [-0.2, 0) is 14.3 Å². The van der Waals surface area contributed by atoms with Crippen LogP contribution < -0.4 is 4.74 Å². The minimum Gasteiger partial charge on any atom is -0.483 e. The van der Waals surface area contributed by atoms with Crippen LogP contribution in [0.4, 0.5) is 0 Å². The molecule has 1 aromatic rings. The monoisotopic (exact) mass is 373 g/mol. The van der Waals surface area contributed by atoms with E-state index in [4.69, 9.17) is 9.47 Å². The average Bonchev–Trinajstić information content (AvgIpc) is 2.69. The molecule has 0 aromatic heterocycles. The van der Waals surface area contributed by atoms with Crippen molar-refractivity contribution in [2.24, 2.45) is 0 Å². The van der Waals surface area contributed by atoms with Crippen LogP contribution in [-0.4, -0.2) is 43.6 Å². The van der Waals surface area contributed by atoms with Crippen molar-refractivity contribution in [3.05, 3.63) is 41.0 Å². The molecule has 0 atom stereocenters. The number of rotatable bonds is 9. The van der Waals surface area contributed by atoms with Crippen LogP contribution in [0.25, 0.3) is 0 Å². The molecular weight excluding hydrogens is 342 g/mol. The summed E-state index contributed by atoms with van der Waals surface area (Å²) in [5.41, 5.74) is 3.58. The number of benzene rings is 1. The third-order valence-electron chi connectivity index (χ3n) is 5.16. The van der Waals surface area contributed by atoms with Gasteiger partial charge in [0.05, 0.1) is 13.5 Å². The molecule has 0 aliphatic heterocycles. The van der Waals surface area contributed by atoms with Crippen molar-refractivity contribution in [1.29, 1.82) is 0 Å². The summed E-state index contributed by atoms with van der Waals surface area (Å²) in [5, 5.41) is 0. The first-order chi connectivity index (χ1) is 13.0. The van der Waals surface area contributed by atoms with Crippen molar-refractivity contribution in [3.63, 3.8) is 0 Å². The largest absolute Gasteiger partial charge is 0.483 e. The van der Waals surface area contributed by atoms with Gasteiger partial charge < -0.3 is 14.4 Å². The Kier molecular flexibility index (Phi) is 8.37. The number of nitrogens with zero attached hydrogens (tertiary/aromatic N) is 1. The predicted octanol–water partition coefficient (Wildman–Crippen LogP) is 3.96. The molecule has 0 saturated heterocycles. The Morgan fingerprint density at radius 1 is 1.15 bits per heavy atom. The quantitative estimate of drug-likeness (QED) is 0.486. The molecule has 1 aliphatic carbocycles. The van der Waals surface area contributed by atoms with Crippen LogP contribution in [0.1, 0.15) is 49.7 Å². The van der Waals surface area contributed by atoms with Crippen molar-refractivity contribution in [3.8, 4) is 5.75 Å². The van der Waals surface area contributed by atoms with Gasteiger partial charge in [0.2, 0.25) is 0 Å². The van der Waals surface area contributed by atoms with E-state index in [0.29, 0.717) is 13.1 Å². The van der Waals surface area contributed by atoms with E-state index in [9.17, 15) is 9.59 Å². The zero-order valence-corrected chi connectivity index (χ0v) is 16.8. The van der Waals surface area contributed by atoms with E-state index >= 15 is 0 Å². The number of carbonyl (C=O) groups excluding carboxylic acids is 2. The molecule has 0 fully saturated rings. The first-order valence-corrected chi connectivity index (χ1v) is 9.72. The van der Waals surface area contributed by atoms with Gasteiger partial charge >= 0.3 is 5.97 Å². The maximum atomic E-state index is 12.7. The molecule has 5 heteroatoms. The Morgan fingerprint density at radius 2 is 1.96 bits per heavy atom. The smallest absolute Gasteiger partial charge is 0.307 e. The second-order valence-electron chi connectivity index (χ2n) is 7.05. The number of ether oxygens (including phenoxy) is 2. The maximum Gasteiger partial charge on any atom is 0.307 e. The first-order valence-electron chi connectivity index (χ1n) is 9.72. The summed E-state index contributed by atoms with van der Waals surface area (Å²) in [4.78, 5) is 25.9. The van der Waals surface area contributed by atoms with Crippen LogP contribution in [0.2, 0.25) is 0 Å². The Morgan fingerprint density at radius 3 is 2.67 bits per heavy atom. The number of hydrogen-bond donors (Lipinski definition) is 0. The van der Waals surface area contributed by atoms with Crippen LogP contribution in [0.5, 0.6) is 5.75 Å². The van der Waals surface area contributed by atoms with E-state index in [1.165, 1.54) is 25.5 Å². The van der Waals surface area contributed by atoms with Crippen molar-refractivity contribution in [2.75, 3.05) is 26.8 Å². The van der Waals surface area contributed by atoms with Gasteiger partial charge in [0.25, 0.3) is 5.91 Å². The SMILES string of the molecule is COC(=O)CCN(CCC1=CCCCC1)C(=O)COc1cccc(C)c1C. The van der Waals surface area contributed by atoms with Gasteiger partial charge in [-0.3, -0.25) is 9.59 Å². The number of aryl methyl sites for hydroxylation is 1. The minimum absolute atomic E-state index is 0.0233. The summed E-state index contributed by atoms with van der Waals surface area (Å²) in [6.45, 7) is 4.95. The molecular formula is C22H31NO4. The Labute approximate surface area is 162 Å². The highest BCUT2D eigenvalue weighted by Gasteiger charge is 2.17. The number of methoxy groups -OCH3 is 1. The first kappa shape index (κ1) is 21.0. The molecule has 0 bridgehead atoms. The van der Waals surface area contributed by atoms with Crippen molar-refractivity contribution in [2.45, 2.75) is 52.4 Å². The van der Waals surface area contributed by atoms with Gasteiger partial charge in [0, 0.05) is 13.1 Å². The van der Waals surface area contributed by atoms with E-state index < -0.39 is 0 Å². The highest BCUT2D eigenvalue weighted by molar-refractivity contribution is 5.78. The van der Waals surface area contributed by atoms with E-state index in [1.807, 2.05) is 32.0 Å². The number of hydrogen-bond acceptors (Lipinski definition) is 4. The van der Waals surface area contributed by atoms with Gasteiger partial charge in [0.1, 0.15) is 5.75 Å². The lowest BCUT2D eigenvalue weighted by Gasteiger charge is -2.24. The van der Waals surface area contributed by atoms with Crippen LogP contribution >= 0.6 is 0 Å². The lowest BCUT2D eigenvalue weighted by atomic mass is 9.97. The normalized spacial score (nSPS) is 13.7. The maximum absolute atomic E-state index is 12.7. The predicted molar refractivity (Wildman–Crippen MR) is 106 cm³/mol. The molecule has 1 aliphatic rings. The van der Waals surface area contributed by atoms with Crippen molar-refractivity contribution in [1.82, 2.24) is 4.90 Å². The molecule has 0 unspecified atom stereocenters.